The average molecular weight is 227 g/mol. The highest BCUT2D eigenvalue weighted by molar-refractivity contribution is 7.80. The highest BCUT2D eigenvalue weighted by Crippen LogP contribution is 2.06. The first kappa shape index (κ1) is 12.1. The standard InChI is InChI=1S/C9H17N5S/c1-4-7-8(9(10)15)11-12-14(7)6-5-13(2)3/h4-6H2,1-3H3,(H2,10,15). The van der Waals surface area contributed by atoms with Gasteiger partial charge in [-0.25, -0.2) is 4.68 Å². The van der Waals surface area contributed by atoms with Crippen LogP contribution in [0.15, 0.2) is 0 Å². The van der Waals surface area contributed by atoms with Crippen LogP contribution in [0.5, 0.6) is 0 Å². The van der Waals surface area contributed by atoms with Crippen molar-refractivity contribution < 1.29 is 0 Å². The monoisotopic (exact) mass is 227 g/mol. The van der Waals surface area contributed by atoms with Crippen LogP contribution in [-0.4, -0.2) is 45.5 Å². The van der Waals surface area contributed by atoms with Gasteiger partial charge in [-0.3, -0.25) is 0 Å². The van der Waals surface area contributed by atoms with E-state index in [4.69, 9.17) is 18.0 Å². The lowest BCUT2D eigenvalue weighted by atomic mass is 10.2. The molecule has 1 aromatic rings. The number of rotatable bonds is 5. The summed E-state index contributed by atoms with van der Waals surface area (Å²) in [6.45, 7) is 3.78. The van der Waals surface area contributed by atoms with Gasteiger partial charge in [-0.2, -0.15) is 0 Å². The van der Waals surface area contributed by atoms with Gasteiger partial charge in [0.2, 0.25) is 0 Å². The molecule has 0 bridgehead atoms. The number of nitrogens with zero attached hydrogens (tertiary/aromatic N) is 4. The summed E-state index contributed by atoms with van der Waals surface area (Å²) in [6.07, 6.45) is 0.840. The van der Waals surface area contributed by atoms with E-state index in [0.717, 1.165) is 25.2 Å². The fourth-order valence-electron chi connectivity index (χ4n) is 1.35. The van der Waals surface area contributed by atoms with E-state index in [1.54, 1.807) is 0 Å². The molecule has 2 N–H and O–H groups in total. The lowest BCUT2D eigenvalue weighted by Crippen LogP contribution is -2.21. The van der Waals surface area contributed by atoms with E-state index in [9.17, 15) is 0 Å². The maximum atomic E-state index is 5.56. The molecule has 15 heavy (non-hydrogen) atoms. The molecule has 0 fully saturated rings. The maximum absolute atomic E-state index is 5.56. The Morgan fingerprint density at radius 3 is 2.67 bits per heavy atom. The molecule has 5 nitrogen and oxygen atoms in total. The largest absolute Gasteiger partial charge is 0.388 e. The van der Waals surface area contributed by atoms with Gasteiger partial charge in [-0.15, -0.1) is 5.10 Å². The van der Waals surface area contributed by atoms with Gasteiger partial charge in [0.25, 0.3) is 0 Å². The first-order valence-corrected chi connectivity index (χ1v) is 5.34. The predicted molar refractivity (Wildman–Crippen MR) is 63.8 cm³/mol. The highest BCUT2D eigenvalue weighted by Gasteiger charge is 2.12. The van der Waals surface area contributed by atoms with Crippen molar-refractivity contribution in [3.05, 3.63) is 11.4 Å². The van der Waals surface area contributed by atoms with Crippen LogP contribution < -0.4 is 5.73 Å². The van der Waals surface area contributed by atoms with Crippen molar-refractivity contribution in [1.29, 1.82) is 0 Å². The number of hydrogen-bond donors (Lipinski definition) is 1. The summed E-state index contributed by atoms with van der Waals surface area (Å²) < 4.78 is 1.87. The Morgan fingerprint density at radius 2 is 2.20 bits per heavy atom. The quantitative estimate of drug-likeness (QED) is 0.720. The van der Waals surface area contributed by atoms with Crippen LogP contribution in [0.4, 0.5) is 0 Å². The van der Waals surface area contributed by atoms with Crippen LogP contribution >= 0.6 is 12.2 Å². The molecule has 0 radical (unpaired) electrons. The van der Waals surface area contributed by atoms with E-state index in [1.165, 1.54) is 0 Å². The second-order valence-electron chi connectivity index (χ2n) is 3.63. The van der Waals surface area contributed by atoms with E-state index in [-0.39, 0.29) is 0 Å². The van der Waals surface area contributed by atoms with Gasteiger partial charge in [-0.05, 0) is 20.5 Å². The highest BCUT2D eigenvalue weighted by atomic mass is 32.1. The summed E-state index contributed by atoms with van der Waals surface area (Å²) in [5.41, 5.74) is 7.24. The number of aromatic nitrogens is 3. The molecule has 1 aromatic heterocycles. The van der Waals surface area contributed by atoms with Crippen molar-refractivity contribution in [2.24, 2.45) is 5.73 Å². The lowest BCUT2D eigenvalue weighted by molar-refractivity contribution is 0.367. The van der Waals surface area contributed by atoms with Gasteiger partial charge in [-0.1, -0.05) is 24.4 Å². The fraction of sp³-hybridized carbons (Fsp3) is 0.667. The Morgan fingerprint density at radius 1 is 1.53 bits per heavy atom. The molecule has 0 atom stereocenters. The molecule has 1 rings (SSSR count). The molecule has 6 heteroatoms. The van der Waals surface area contributed by atoms with Crippen LogP contribution in [0.3, 0.4) is 0 Å². The SMILES string of the molecule is CCc1c(C(N)=S)nnn1CCN(C)C. The second kappa shape index (κ2) is 5.18. The Balaban J connectivity index is 2.84. The molecule has 0 aliphatic rings. The van der Waals surface area contributed by atoms with E-state index in [0.29, 0.717) is 10.7 Å². The number of thiocarbonyl (C=S) groups is 1. The fourth-order valence-corrected chi connectivity index (χ4v) is 1.51. The van der Waals surface area contributed by atoms with Crippen molar-refractivity contribution in [3.63, 3.8) is 0 Å². The Labute approximate surface area is 95.2 Å². The second-order valence-corrected chi connectivity index (χ2v) is 4.07. The van der Waals surface area contributed by atoms with E-state index < -0.39 is 0 Å². The zero-order valence-corrected chi connectivity index (χ0v) is 10.2. The predicted octanol–water partition coefficient (Wildman–Crippen LogP) is 0.0363. The van der Waals surface area contributed by atoms with Gasteiger partial charge in [0.15, 0.2) is 0 Å². The third kappa shape index (κ3) is 2.97. The van der Waals surface area contributed by atoms with Crippen molar-refractivity contribution in [2.75, 3.05) is 20.6 Å². The first-order valence-electron chi connectivity index (χ1n) is 4.93. The van der Waals surface area contributed by atoms with E-state index in [2.05, 4.69) is 15.2 Å². The van der Waals surface area contributed by atoms with Crippen molar-refractivity contribution in [3.8, 4) is 0 Å². The minimum atomic E-state index is 0.322. The maximum Gasteiger partial charge on any atom is 0.143 e. The zero-order chi connectivity index (χ0) is 11.4. The molecule has 0 aromatic carbocycles. The average Bonchev–Trinajstić information content (AvgIpc) is 2.57. The molecule has 84 valence electrons. The lowest BCUT2D eigenvalue weighted by Gasteiger charge is -2.10. The minimum Gasteiger partial charge on any atom is -0.388 e. The third-order valence-electron chi connectivity index (χ3n) is 2.16. The van der Waals surface area contributed by atoms with Gasteiger partial charge in [0.1, 0.15) is 10.7 Å². The topological polar surface area (TPSA) is 60.0 Å². The van der Waals surface area contributed by atoms with Crippen molar-refractivity contribution in [1.82, 2.24) is 19.9 Å². The summed E-state index contributed by atoms with van der Waals surface area (Å²) >= 11 is 4.92. The van der Waals surface area contributed by atoms with Crippen LogP contribution in [0.25, 0.3) is 0 Å². The molecule has 0 aliphatic heterocycles. The first-order chi connectivity index (χ1) is 7.06. The molecule has 0 aliphatic carbocycles. The zero-order valence-electron chi connectivity index (χ0n) is 9.40. The molecule has 0 unspecified atom stereocenters. The van der Waals surface area contributed by atoms with E-state index >= 15 is 0 Å². The van der Waals surface area contributed by atoms with Crippen LogP contribution in [-0.2, 0) is 13.0 Å². The molecule has 0 saturated heterocycles. The minimum absolute atomic E-state index is 0.322. The summed E-state index contributed by atoms with van der Waals surface area (Å²) in [4.78, 5) is 2.42. The molecular formula is C9H17N5S. The molecule has 0 spiro atoms. The summed E-state index contributed by atoms with van der Waals surface area (Å²) in [5.74, 6) is 0. The van der Waals surface area contributed by atoms with Crippen molar-refractivity contribution in [2.45, 2.75) is 19.9 Å². The van der Waals surface area contributed by atoms with Gasteiger partial charge in [0, 0.05) is 6.54 Å². The number of nitrogens with two attached hydrogens (primary N) is 1. The smallest absolute Gasteiger partial charge is 0.143 e. The third-order valence-corrected chi connectivity index (χ3v) is 2.36. The van der Waals surface area contributed by atoms with Gasteiger partial charge < -0.3 is 10.6 Å². The molecular weight excluding hydrogens is 210 g/mol. The Hall–Kier alpha value is -1.01. The Bertz CT molecular complexity index is 344. The Kier molecular flexibility index (Phi) is 4.16. The van der Waals surface area contributed by atoms with Crippen LogP contribution in [0.1, 0.15) is 18.3 Å². The van der Waals surface area contributed by atoms with Crippen LogP contribution in [0, 0.1) is 0 Å². The van der Waals surface area contributed by atoms with Gasteiger partial charge >= 0.3 is 0 Å². The summed E-state index contributed by atoms with van der Waals surface area (Å²) in [5, 5.41) is 8.05. The van der Waals surface area contributed by atoms with Crippen molar-refractivity contribution >= 4 is 17.2 Å². The molecule has 1 heterocycles. The summed E-state index contributed by atoms with van der Waals surface area (Å²) in [6, 6.07) is 0. The van der Waals surface area contributed by atoms with Gasteiger partial charge in [0.05, 0.1) is 12.2 Å². The normalized spacial score (nSPS) is 10.9. The molecule has 0 amide bonds. The number of hydrogen-bond acceptors (Lipinski definition) is 4. The summed E-state index contributed by atoms with van der Waals surface area (Å²) in [7, 11) is 4.05. The number of likely N-dealkylation sites (N-methyl/N-ethyl adjacent to an activating group) is 1. The van der Waals surface area contributed by atoms with E-state index in [1.807, 2.05) is 25.7 Å². The van der Waals surface area contributed by atoms with Crippen LogP contribution in [0.2, 0.25) is 0 Å². The molecule has 0 saturated carbocycles.